The molecule has 0 aliphatic carbocycles. The van der Waals surface area contributed by atoms with Crippen molar-refractivity contribution in [1.29, 1.82) is 0 Å². The van der Waals surface area contributed by atoms with Gasteiger partial charge in [0.1, 0.15) is 0 Å². The number of anilines is 3. The number of ether oxygens (including phenoxy) is 1. The zero-order valence-corrected chi connectivity index (χ0v) is 10.1. The van der Waals surface area contributed by atoms with Crippen molar-refractivity contribution in [2.24, 2.45) is 0 Å². The Labute approximate surface area is 103 Å². The molecular formula is C12H12N2O2S. The van der Waals surface area contributed by atoms with Gasteiger partial charge >= 0.3 is 5.97 Å². The van der Waals surface area contributed by atoms with Crippen molar-refractivity contribution >= 4 is 34.4 Å². The second-order valence-corrected chi connectivity index (χ2v) is 4.18. The fraction of sp³-hybridized carbons (Fsp3) is 0.0833. The molecule has 1 heterocycles. The molecule has 0 aliphatic rings. The van der Waals surface area contributed by atoms with Crippen LogP contribution < -0.4 is 11.1 Å². The zero-order valence-electron chi connectivity index (χ0n) is 9.27. The summed E-state index contributed by atoms with van der Waals surface area (Å²) >= 11 is 1.57. The lowest BCUT2D eigenvalue weighted by molar-refractivity contribution is 0.0602. The van der Waals surface area contributed by atoms with Crippen LogP contribution in [0.25, 0.3) is 0 Å². The van der Waals surface area contributed by atoms with Gasteiger partial charge in [-0.2, -0.15) is 11.3 Å². The first-order chi connectivity index (χ1) is 8.22. The van der Waals surface area contributed by atoms with Gasteiger partial charge in [-0.25, -0.2) is 4.79 Å². The van der Waals surface area contributed by atoms with Crippen LogP contribution in [0.3, 0.4) is 0 Å². The molecule has 0 spiro atoms. The Kier molecular flexibility index (Phi) is 3.30. The second kappa shape index (κ2) is 4.88. The lowest BCUT2D eigenvalue weighted by Crippen LogP contribution is -2.07. The quantitative estimate of drug-likeness (QED) is 0.647. The molecule has 3 N–H and O–H groups in total. The summed E-state index contributed by atoms with van der Waals surface area (Å²) in [6, 6.07) is 7.05. The summed E-state index contributed by atoms with van der Waals surface area (Å²) in [7, 11) is 1.35. The van der Waals surface area contributed by atoms with E-state index in [1.54, 1.807) is 29.5 Å². The molecule has 4 nitrogen and oxygen atoms in total. The van der Waals surface area contributed by atoms with Crippen LogP contribution in [0.2, 0.25) is 0 Å². The Morgan fingerprint density at radius 2 is 2.24 bits per heavy atom. The fourth-order valence-corrected chi connectivity index (χ4v) is 2.06. The van der Waals surface area contributed by atoms with Gasteiger partial charge in [0, 0.05) is 11.1 Å². The van der Waals surface area contributed by atoms with Crippen molar-refractivity contribution in [3.05, 3.63) is 40.6 Å². The normalized spacial score (nSPS) is 9.94. The maximum absolute atomic E-state index is 11.6. The largest absolute Gasteiger partial charge is 0.465 e. The molecule has 1 aromatic heterocycles. The van der Waals surface area contributed by atoms with Crippen LogP contribution >= 0.6 is 11.3 Å². The number of carbonyl (C=O) groups excluding carboxylic acids is 1. The van der Waals surface area contributed by atoms with Crippen LogP contribution in [0, 0.1) is 0 Å². The van der Waals surface area contributed by atoms with Gasteiger partial charge in [0.05, 0.1) is 24.0 Å². The minimum absolute atomic E-state index is 0.407. The Bertz CT molecular complexity index is 523. The second-order valence-electron chi connectivity index (χ2n) is 3.40. The van der Waals surface area contributed by atoms with E-state index in [4.69, 9.17) is 10.5 Å². The monoisotopic (exact) mass is 248 g/mol. The Morgan fingerprint density at radius 1 is 1.41 bits per heavy atom. The molecule has 17 heavy (non-hydrogen) atoms. The molecule has 0 aliphatic heterocycles. The third kappa shape index (κ3) is 2.39. The Hall–Kier alpha value is -2.01. The minimum Gasteiger partial charge on any atom is -0.465 e. The predicted molar refractivity (Wildman–Crippen MR) is 69.8 cm³/mol. The van der Waals surface area contributed by atoms with Crippen LogP contribution in [0.4, 0.5) is 17.1 Å². The first-order valence-corrected chi connectivity index (χ1v) is 5.92. The number of nitrogens with one attached hydrogen (secondary N) is 1. The number of hydrogen-bond acceptors (Lipinski definition) is 5. The Balaban J connectivity index is 2.40. The molecule has 88 valence electrons. The average molecular weight is 248 g/mol. The van der Waals surface area contributed by atoms with Gasteiger partial charge in [0.25, 0.3) is 0 Å². The molecule has 2 rings (SSSR count). The maximum Gasteiger partial charge on any atom is 0.340 e. The molecule has 5 heteroatoms. The van der Waals surface area contributed by atoms with E-state index in [0.29, 0.717) is 16.9 Å². The SMILES string of the molecule is COC(=O)c1cccc(N)c1Nc1ccsc1. The van der Waals surface area contributed by atoms with Crippen LogP contribution in [0.1, 0.15) is 10.4 Å². The molecule has 0 saturated heterocycles. The lowest BCUT2D eigenvalue weighted by Gasteiger charge is -2.11. The number of carbonyl (C=O) groups is 1. The Morgan fingerprint density at radius 3 is 2.88 bits per heavy atom. The van der Waals surface area contributed by atoms with Gasteiger partial charge in [-0.1, -0.05) is 6.07 Å². The molecular weight excluding hydrogens is 236 g/mol. The summed E-state index contributed by atoms with van der Waals surface area (Å²) in [5, 5.41) is 7.00. The zero-order chi connectivity index (χ0) is 12.3. The number of hydrogen-bond donors (Lipinski definition) is 2. The summed E-state index contributed by atoms with van der Waals surface area (Å²) in [5.41, 5.74) is 8.29. The van der Waals surface area contributed by atoms with Crippen LogP contribution in [0.5, 0.6) is 0 Å². The van der Waals surface area contributed by atoms with E-state index in [9.17, 15) is 4.79 Å². The number of nitrogens with two attached hydrogens (primary N) is 1. The topological polar surface area (TPSA) is 64.3 Å². The molecule has 0 atom stereocenters. The van der Waals surface area contributed by atoms with Crippen molar-refractivity contribution in [2.45, 2.75) is 0 Å². The highest BCUT2D eigenvalue weighted by molar-refractivity contribution is 7.08. The first kappa shape index (κ1) is 11.5. The van der Waals surface area contributed by atoms with Crippen molar-refractivity contribution in [3.8, 4) is 0 Å². The number of thiophene rings is 1. The highest BCUT2D eigenvalue weighted by Crippen LogP contribution is 2.28. The van der Waals surface area contributed by atoms with Gasteiger partial charge in [-0.3, -0.25) is 0 Å². The lowest BCUT2D eigenvalue weighted by atomic mass is 10.1. The summed E-state index contributed by atoms with van der Waals surface area (Å²) in [5.74, 6) is -0.407. The summed E-state index contributed by atoms with van der Waals surface area (Å²) in [6.45, 7) is 0. The molecule has 0 saturated carbocycles. The highest BCUT2D eigenvalue weighted by atomic mass is 32.1. The van der Waals surface area contributed by atoms with Gasteiger partial charge < -0.3 is 15.8 Å². The van der Waals surface area contributed by atoms with E-state index in [-0.39, 0.29) is 0 Å². The summed E-state index contributed by atoms with van der Waals surface area (Å²) in [6.07, 6.45) is 0. The molecule has 2 aromatic rings. The predicted octanol–water partition coefficient (Wildman–Crippen LogP) is 2.86. The number of methoxy groups -OCH3 is 1. The fourth-order valence-electron chi connectivity index (χ4n) is 1.47. The van der Waals surface area contributed by atoms with Crippen molar-refractivity contribution in [1.82, 2.24) is 0 Å². The van der Waals surface area contributed by atoms with Gasteiger partial charge in [0.15, 0.2) is 0 Å². The number of nitrogen functional groups attached to an aromatic ring is 1. The third-order valence-electron chi connectivity index (χ3n) is 2.29. The summed E-state index contributed by atoms with van der Waals surface area (Å²) < 4.78 is 4.72. The average Bonchev–Trinajstić information content (AvgIpc) is 2.83. The molecule has 0 amide bonds. The van der Waals surface area contributed by atoms with Crippen LogP contribution in [0.15, 0.2) is 35.0 Å². The molecule has 1 aromatic carbocycles. The van der Waals surface area contributed by atoms with Crippen LogP contribution in [-0.4, -0.2) is 13.1 Å². The van der Waals surface area contributed by atoms with E-state index < -0.39 is 5.97 Å². The molecule has 0 unspecified atom stereocenters. The third-order valence-corrected chi connectivity index (χ3v) is 2.98. The van der Waals surface area contributed by atoms with Crippen molar-refractivity contribution in [3.63, 3.8) is 0 Å². The number of benzene rings is 1. The standard InChI is InChI=1S/C12H12N2O2S/c1-16-12(15)9-3-2-4-10(13)11(9)14-8-5-6-17-7-8/h2-7,14H,13H2,1H3. The summed E-state index contributed by atoms with van der Waals surface area (Å²) in [4.78, 5) is 11.6. The highest BCUT2D eigenvalue weighted by Gasteiger charge is 2.14. The smallest absolute Gasteiger partial charge is 0.340 e. The van der Waals surface area contributed by atoms with E-state index in [2.05, 4.69) is 5.32 Å². The van der Waals surface area contributed by atoms with Crippen LogP contribution in [-0.2, 0) is 4.74 Å². The molecule has 0 bridgehead atoms. The maximum atomic E-state index is 11.6. The van der Waals surface area contributed by atoms with Gasteiger partial charge in [-0.15, -0.1) is 0 Å². The number of esters is 1. The minimum atomic E-state index is -0.407. The van der Waals surface area contributed by atoms with E-state index >= 15 is 0 Å². The molecule has 0 fully saturated rings. The van der Waals surface area contributed by atoms with Crippen molar-refractivity contribution < 1.29 is 9.53 Å². The molecule has 0 radical (unpaired) electrons. The van der Waals surface area contributed by atoms with E-state index in [1.807, 2.05) is 16.8 Å². The van der Waals surface area contributed by atoms with E-state index in [0.717, 1.165) is 5.69 Å². The van der Waals surface area contributed by atoms with Crippen molar-refractivity contribution in [2.75, 3.05) is 18.2 Å². The first-order valence-electron chi connectivity index (χ1n) is 4.98. The van der Waals surface area contributed by atoms with E-state index in [1.165, 1.54) is 7.11 Å². The number of para-hydroxylation sites is 1. The van der Waals surface area contributed by atoms with Gasteiger partial charge in [0.2, 0.25) is 0 Å². The van der Waals surface area contributed by atoms with Gasteiger partial charge in [-0.05, 0) is 23.6 Å². The number of rotatable bonds is 3.